The van der Waals surface area contributed by atoms with Crippen molar-refractivity contribution in [1.82, 2.24) is 0 Å². The first-order valence-electron chi connectivity index (χ1n) is 7.38. The molecular formula is C18H28OSi. The third kappa shape index (κ3) is 5.10. The predicted octanol–water partition coefficient (Wildman–Crippen LogP) is 4.19. The number of aliphatic hydroxyl groups excluding tert-OH is 1. The van der Waals surface area contributed by atoms with E-state index in [1.54, 1.807) is 0 Å². The molecule has 0 aliphatic carbocycles. The quantitative estimate of drug-likeness (QED) is 0.614. The Morgan fingerprint density at radius 3 is 2.30 bits per heavy atom. The van der Waals surface area contributed by atoms with Crippen LogP contribution in [0.25, 0.3) is 0 Å². The molecule has 0 heterocycles. The second-order valence-electron chi connectivity index (χ2n) is 6.37. The zero-order valence-corrected chi connectivity index (χ0v) is 14.5. The number of aliphatic hydroxyl groups is 1. The lowest BCUT2D eigenvalue weighted by Gasteiger charge is -2.27. The average molecular weight is 289 g/mol. The Morgan fingerprint density at radius 1 is 1.15 bits per heavy atom. The molecule has 20 heavy (non-hydrogen) atoms. The molecule has 0 fully saturated rings. The zero-order chi connectivity index (χ0) is 15.2. The Labute approximate surface area is 125 Å². The molecule has 0 saturated carbocycles. The fourth-order valence-electron chi connectivity index (χ4n) is 2.19. The summed E-state index contributed by atoms with van der Waals surface area (Å²) in [5, 5.41) is 11.9. The Morgan fingerprint density at radius 2 is 1.75 bits per heavy atom. The van der Waals surface area contributed by atoms with Gasteiger partial charge in [-0.15, -0.1) is 0 Å². The first-order valence-corrected chi connectivity index (χ1v) is 10.5. The van der Waals surface area contributed by atoms with E-state index in [2.05, 4.69) is 70.3 Å². The molecule has 0 bridgehead atoms. The summed E-state index contributed by atoms with van der Waals surface area (Å²) in [6, 6.07) is 10.4. The monoisotopic (exact) mass is 288 g/mol. The lowest BCUT2D eigenvalue weighted by atomic mass is 10.1. The third-order valence-electron chi connectivity index (χ3n) is 3.79. The van der Waals surface area contributed by atoms with Crippen LogP contribution in [-0.2, 0) is 0 Å². The molecule has 2 heteroatoms. The van der Waals surface area contributed by atoms with E-state index < -0.39 is 8.07 Å². The van der Waals surface area contributed by atoms with E-state index in [-0.39, 0.29) is 5.73 Å². The molecule has 0 amide bonds. The van der Waals surface area contributed by atoms with Gasteiger partial charge in [0.1, 0.15) is 8.07 Å². The standard InChI is InChI=1S/C18H28OSi/c1-15(2)10-9-11-16(3)14-18(19)20(4,5)17-12-7-6-8-13-17/h6-8,10,12-14,18-19H,9,11H2,1-5H3/b16-14+/t18-/m0/s1. The molecule has 110 valence electrons. The van der Waals surface area contributed by atoms with Gasteiger partial charge in [0.2, 0.25) is 0 Å². The third-order valence-corrected chi connectivity index (χ3v) is 7.26. The van der Waals surface area contributed by atoms with Crippen molar-refractivity contribution in [3.63, 3.8) is 0 Å². The largest absolute Gasteiger partial charge is 0.392 e. The van der Waals surface area contributed by atoms with Crippen LogP contribution in [0, 0.1) is 0 Å². The van der Waals surface area contributed by atoms with Crippen LogP contribution in [0.5, 0.6) is 0 Å². The van der Waals surface area contributed by atoms with Crippen molar-refractivity contribution in [2.45, 2.75) is 52.4 Å². The van der Waals surface area contributed by atoms with E-state index in [0.717, 1.165) is 12.8 Å². The van der Waals surface area contributed by atoms with E-state index in [1.807, 2.05) is 6.07 Å². The van der Waals surface area contributed by atoms with Crippen molar-refractivity contribution in [2.24, 2.45) is 0 Å². The van der Waals surface area contributed by atoms with Gasteiger partial charge in [0.15, 0.2) is 0 Å². The van der Waals surface area contributed by atoms with Crippen LogP contribution in [-0.4, -0.2) is 18.9 Å². The van der Waals surface area contributed by atoms with Gasteiger partial charge in [-0.2, -0.15) is 0 Å². The van der Waals surface area contributed by atoms with Crippen LogP contribution in [0.1, 0.15) is 33.6 Å². The van der Waals surface area contributed by atoms with Crippen LogP contribution < -0.4 is 5.19 Å². The molecule has 0 unspecified atom stereocenters. The first kappa shape index (κ1) is 16.9. The van der Waals surface area contributed by atoms with Crippen molar-refractivity contribution in [3.05, 3.63) is 53.6 Å². The Bertz CT molecular complexity index is 467. The van der Waals surface area contributed by atoms with Crippen LogP contribution >= 0.6 is 0 Å². The van der Waals surface area contributed by atoms with Gasteiger partial charge in [-0.3, -0.25) is 0 Å². The predicted molar refractivity (Wildman–Crippen MR) is 92.0 cm³/mol. The van der Waals surface area contributed by atoms with Crippen molar-refractivity contribution in [1.29, 1.82) is 0 Å². The van der Waals surface area contributed by atoms with Gasteiger partial charge >= 0.3 is 0 Å². The van der Waals surface area contributed by atoms with Crippen molar-refractivity contribution in [2.75, 3.05) is 0 Å². The summed E-state index contributed by atoms with van der Waals surface area (Å²) >= 11 is 0. The summed E-state index contributed by atoms with van der Waals surface area (Å²) in [6.45, 7) is 10.8. The molecule has 0 aliphatic rings. The minimum absolute atomic E-state index is 0.323. The van der Waals surface area contributed by atoms with Gasteiger partial charge in [0.25, 0.3) is 0 Å². The highest BCUT2D eigenvalue weighted by molar-refractivity contribution is 6.91. The maximum absolute atomic E-state index is 10.6. The molecule has 0 spiro atoms. The number of hydrogen-bond acceptors (Lipinski definition) is 1. The van der Waals surface area contributed by atoms with Crippen LogP contribution in [0.2, 0.25) is 13.1 Å². The van der Waals surface area contributed by atoms with Gasteiger partial charge in [-0.05, 0) is 33.6 Å². The van der Waals surface area contributed by atoms with Crippen LogP contribution in [0.4, 0.5) is 0 Å². The second-order valence-corrected chi connectivity index (χ2v) is 11.0. The maximum atomic E-state index is 10.6. The fourth-order valence-corrected chi connectivity index (χ4v) is 4.28. The van der Waals surface area contributed by atoms with Crippen LogP contribution in [0.3, 0.4) is 0 Å². The Hall–Kier alpha value is -1.12. The smallest absolute Gasteiger partial charge is 0.118 e. The van der Waals surface area contributed by atoms with E-state index in [9.17, 15) is 5.11 Å². The van der Waals surface area contributed by atoms with E-state index in [4.69, 9.17) is 0 Å². The molecule has 0 aliphatic heterocycles. The highest BCUT2D eigenvalue weighted by Gasteiger charge is 2.30. The van der Waals surface area contributed by atoms with E-state index >= 15 is 0 Å². The Balaban J connectivity index is 2.73. The molecule has 1 nitrogen and oxygen atoms in total. The van der Waals surface area contributed by atoms with Crippen molar-refractivity contribution < 1.29 is 5.11 Å². The van der Waals surface area contributed by atoms with Gasteiger partial charge < -0.3 is 5.11 Å². The molecule has 1 rings (SSSR count). The van der Waals surface area contributed by atoms with E-state index in [0.29, 0.717) is 0 Å². The summed E-state index contributed by atoms with van der Waals surface area (Å²) in [5.74, 6) is 0. The average Bonchev–Trinajstić information content (AvgIpc) is 2.39. The fraction of sp³-hybridized carbons (Fsp3) is 0.444. The topological polar surface area (TPSA) is 20.2 Å². The van der Waals surface area contributed by atoms with E-state index in [1.165, 1.54) is 16.3 Å². The minimum atomic E-state index is -1.84. The number of rotatable bonds is 6. The summed E-state index contributed by atoms with van der Waals surface area (Å²) in [6.07, 6.45) is 6.41. The van der Waals surface area contributed by atoms with Crippen LogP contribution in [0.15, 0.2) is 53.6 Å². The van der Waals surface area contributed by atoms with Crippen molar-refractivity contribution >= 4 is 13.3 Å². The highest BCUT2D eigenvalue weighted by atomic mass is 28.3. The number of hydrogen-bond donors (Lipinski definition) is 1. The molecule has 0 saturated heterocycles. The maximum Gasteiger partial charge on any atom is 0.118 e. The Kier molecular flexibility index (Phi) is 6.44. The molecule has 0 aromatic heterocycles. The number of allylic oxidation sites excluding steroid dienone is 3. The SMILES string of the molecule is CC(C)=CCC/C(C)=C/[C@@H](O)[Si](C)(C)c1ccccc1. The highest BCUT2D eigenvalue weighted by Crippen LogP contribution is 2.15. The van der Waals surface area contributed by atoms with Gasteiger partial charge in [-0.1, -0.05) is 71.9 Å². The summed E-state index contributed by atoms with van der Waals surface area (Å²) < 4.78 is 0. The molecular weight excluding hydrogens is 260 g/mol. The second kappa shape index (κ2) is 7.60. The lowest BCUT2D eigenvalue weighted by Crippen LogP contribution is -2.51. The lowest BCUT2D eigenvalue weighted by molar-refractivity contribution is 0.291. The van der Waals surface area contributed by atoms with Crippen molar-refractivity contribution in [3.8, 4) is 0 Å². The minimum Gasteiger partial charge on any atom is -0.392 e. The molecule has 1 atom stereocenters. The molecule has 1 N–H and O–H groups in total. The summed E-state index contributed by atoms with van der Waals surface area (Å²) in [7, 11) is -1.84. The zero-order valence-electron chi connectivity index (χ0n) is 13.5. The normalized spacial score (nSPS) is 14.0. The van der Waals surface area contributed by atoms with Gasteiger partial charge in [0.05, 0.1) is 5.73 Å². The number of benzene rings is 1. The molecule has 0 radical (unpaired) electrons. The van der Waals surface area contributed by atoms with Gasteiger partial charge in [0, 0.05) is 0 Å². The summed E-state index contributed by atoms with van der Waals surface area (Å²) in [4.78, 5) is 0. The summed E-state index contributed by atoms with van der Waals surface area (Å²) in [5.41, 5.74) is 2.32. The first-order chi connectivity index (χ1) is 9.34. The molecule has 1 aromatic rings. The van der Waals surface area contributed by atoms with Gasteiger partial charge in [-0.25, -0.2) is 0 Å². The molecule has 1 aromatic carbocycles.